The number of aliphatic carboxylic acids is 2. The topological polar surface area (TPSA) is 110 Å². The molecule has 0 aromatic rings. The van der Waals surface area contributed by atoms with Crippen LogP contribution in [0.1, 0.15) is 117 Å². The maximum atomic E-state index is 12.5. The van der Waals surface area contributed by atoms with Crippen molar-refractivity contribution in [1.29, 1.82) is 0 Å². The van der Waals surface area contributed by atoms with Crippen LogP contribution in [0.5, 0.6) is 0 Å². The summed E-state index contributed by atoms with van der Waals surface area (Å²) in [5.74, 6) is -4.67. The van der Waals surface area contributed by atoms with Gasteiger partial charge in [0.2, 0.25) is 0 Å². The van der Waals surface area contributed by atoms with Crippen molar-refractivity contribution in [1.82, 2.24) is 0 Å². The third-order valence-corrected chi connectivity index (χ3v) is 5.84. The lowest BCUT2D eigenvalue weighted by molar-refractivity contribution is -0.190. The average molecular weight is 459 g/mol. The number of carboxylic acid groups (broad SMARTS) is 2. The number of carbonyl (C=O) groups is 3. The van der Waals surface area contributed by atoms with E-state index in [4.69, 9.17) is 9.47 Å². The Bertz CT molecular complexity index is 520. The molecule has 32 heavy (non-hydrogen) atoms. The molecule has 0 spiro atoms. The predicted molar refractivity (Wildman–Crippen MR) is 125 cm³/mol. The fourth-order valence-corrected chi connectivity index (χ4v) is 3.83. The molecule has 0 aliphatic rings. The standard InChI is InChI=1S/C25H46O7/c1-4-7-10-12-15-18-31-22(26)20-25(24(29)30,32-19-16-13-11-8-5-2)21(23(27)28)17-14-9-6-3/h21H,4-20H2,1-3H3,(H,27,28)(H,29,30). The molecule has 2 atom stereocenters. The van der Waals surface area contributed by atoms with Crippen LogP contribution in [0.15, 0.2) is 0 Å². The monoisotopic (exact) mass is 458 g/mol. The Hall–Kier alpha value is -1.63. The summed E-state index contributed by atoms with van der Waals surface area (Å²) in [4.78, 5) is 36.9. The molecule has 0 saturated carbocycles. The number of ether oxygens (including phenoxy) is 2. The van der Waals surface area contributed by atoms with Gasteiger partial charge in [0, 0.05) is 6.61 Å². The molecule has 2 unspecified atom stereocenters. The van der Waals surface area contributed by atoms with Gasteiger partial charge in [-0.1, -0.05) is 91.4 Å². The molecular weight excluding hydrogens is 412 g/mol. The highest BCUT2D eigenvalue weighted by Crippen LogP contribution is 2.33. The summed E-state index contributed by atoms with van der Waals surface area (Å²) in [6.45, 7) is 6.54. The molecule has 0 heterocycles. The summed E-state index contributed by atoms with van der Waals surface area (Å²) in [7, 11) is 0. The third kappa shape index (κ3) is 12.4. The maximum absolute atomic E-state index is 12.5. The van der Waals surface area contributed by atoms with Crippen LogP contribution < -0.4 is 0 Å². The molecule has 0 aliphatic carbocycles. The van der Waals surface area contributed by atoms with Gasteiger partial charge in [0.25, 0.3) is 0 Å². The van der Waals surface area contributed by atoms with Gasteiger partial charge in [-0.25, -0.2) is 4.79 Å². The van der Waals surface area contributed by atoms with E-state index < -0.39 is 35.8 Å². The van der Waals surface area contributed by atoms with E-state index in [9.17, 15) is 24.6 Å². The van der Waals surface area contributed by atoms with Gasteiger partial charge in [-0.2, -0.15) is 0 Å². The van der Waals surface area contributed by atoms with E-state index in [1.807, 2.05) is 6.92 Å². The highest BCUT2D eigenvalue weighted by Gasteiger charge is 2.52. The Morgan fingerprint density at radius 3 is 1.72 bits per heavy atom. The largest absolute Gasteiger partial charge is 0.481 e. The Morgan fingerprint density at radius 2 is 1.22 bits per heavy atom. The summed E-state index contributed by atoms with van der Waals surface area (Å²) in [5, 5.41) is 19.9. The molecule has 2 N–H and O–H groups in total. The van der Waals surface area contributed by atoms with Crippen LogP contribution in [0.25, 0.3) is 0 Å². The van der Waals surface area contributed by atoms with Crippen molar-refractivity contribution in [3.8, 4) is 0 Å². The number of hydrogen-bond donors (Lipinski definition) is 2. The van der Waals surface area contributed by atoms with E-state index in [2.05, 4.69) is 13.8 Å². The summed E-state index contributed by atoms with van der Waals surface area (Å²) < 4.78 is 11.0. The van der Waals surface area contributed by atoms with Crippen LogP contribution in [0.2, 0.25) is 0 Å². The second-order valence-electron chi connectivity index (χ2n) is 8.66. The van der Waals surface area contributed by atoms with E-state index >= 15 is 0 Å². The fourth-order valence-electron chi connectivity index (χ4n) is 3.83. The molecule has 0 bridgehead atoms. The minimum absolute atomic E-state index is 0.109. The molecule has 0 rings (SSSR count). The van der Waals surface area contributed by atoms with Gasteiger partial charge in [-0.3, -0.25) is 9.59 Å². The first-order valence-electron chi connectivity index (χ1n) is 12.6. The van der Waals surface area contributed by atoms with Crippen molar-refractivity contribution in [2.75, 3.05) is 13.2 Å². The first kappa shape index (κ1) is 30.4. The molecule has 7 heteroatoms. The van der Waals surface area contributed by atoms with Gasteiger partial charge in [0.15, 0.2) is 5.60 Å². The van der Waals surface area contributed by atoms with Crippen molar-refractivity contribution in [2.45, 2.75) is 123 Å². The van der Waals surface area contributed by atoms with Gasteiger partial charge < -0.3 is 19.7 Å². The van der Waals surface area contributed by atoms with Gasteiger partial charge in [-0.05, 0) is 19.3 Å². The van der Waals surface area contributed by atoms with Gasteiger partial charge in [-0.15, -0.1) is 0 Å². The molecule has 0 saturated heterocycles. The van der Waals surface area contributed by atoms with E-state index in [1.54, 1.807) is 0 Å². The van der Waals surface area contributed by atoms with E-state index in [-0.39, 0.29) is 19.6 Å². The molecule has 0 fully saturated rings. The van der Waals surface area contributed by atoms with Crippen LogP contribution in [-0.2, 0) is 23.9 Å². The smallest absolute Gasteiger partial charge is 0.337 e. The third-order valence-electron chi connectivity index (χ3n) is 5.84. The van der Waals surface area contributed by atoms with Crippen molar-refractivity contribution in [3.63, 3.8) is 0 Å². The summed E-state index contributed by atoms with van der Waals surface area (Å²) in [6.07, 6.45) is 11.4. The molecule has 0 aromatic heterocycles. The number of carboxylic acids is 2. The molecule has 7 nitrogen and oxygen atoms in total. The lowest BCUT2D eigenvalue weighted by Gasteiger charge is -2.34. The van der Waals surface area contributed by atoms with Crippen molar-refractivity contribution >= 4 is 17.9 Å². The Balaban J connectivity index is 5.25. The molecular formula is C25H46O7. The molecule has 0 amide bonds. The van der Waals surface area contributed by atoms with E-state index in [1.165, 1.54) is 0 Å². The lowest BCUT2D eigenvalue weighted by Crippen LogP contribution is -2.53. The lowest BCUT2D eigenvalue weighted by atomic mass is 9.80. The average Bonchev–Trinajstić information content (AvgIpc) is 2.75. The van der Waals surface area contributed by atoms with Gasteiger partial charge >= 0.3 is 17.9 Å². The molecule has 0 aromatic carbocycles. The highest BCUT2D eigenvalue weighted by molar-refractivity contribution is 5.90. The molecule has 0 aliphatic heterocycles. The minimum atomic E-state index is -2.11. The minimum Gasteiger partial charge on any atom is -0.481 e. The van der Waals surface area contributed by atoms with Gasteiger partial charge in [0.05, 0.1) is 18.9 Å². The van der Waals surface area contributed by atoms with Crippen LogP contribution >= 0.6 is 0 Å². The second kappa shape index (κ2) is 18.9. The predicted octanol–water partition coefficient (Wildman–Crippen LogP) is 5.98. The van der Waals surface area contributed by atoms with Crippen LogP contribution in [0.4, 0.5) is 0 Å². The Kier molecular flexibility index (Phi) is 17.9. The van der Waals surface area contributed by atoms with Crippen molar-refractivity contribution < 1.29 is 34.1 Å². The SMILES string of the molecule is CCCCCCCOC(=O)CC(OCCCCCCC)(C(=O)O)C(CCCCC)C(=O)O. The number of hydrogen-bond acceptors (Lipinski definition) is 5. The maximum Gasteiger partial charge on any atom is 0.337 e. The Morgan fingerprint density at radius 1 is 0.719 bits per heavy atom. The molecule has 188 valence electrons. The summed E-state index contributed by atoms with van der Waals surface area (Å²) in [5.41, 5.74) is -2.11. The van der Waals surface area contributed by atoms with E-state index in [0.717, 1.165) is 64.2 Å². The van der Waals surface area contributed by atoms with Gasteiger partial charge in [0.1, 0.15) is 0 Å². The quantitative estimate of drug-likeness (QED) is 0.152. The number of unbranched alkanes of at least 4 members (excludes halogenated alkanes) is 10. The zero-order valence-electron chi connectivity index (χ0n) is 20.5. The van der Waals surface area contributed by atoms with Crippen LogP contribution in [0.3, 0.4) is 0 Å². The first-order valence-corrected chi connectivity index (χ1v) is 12.6. The fraction of sp³-hybridized carbons (Fsp3) is 0.880. The number of rotatable bonds is 22. The van der Waals surface area contributed by atoms with Crippen LogP contribution in [0, 0.1) is 5.92 Å². The van der Waals surface area contributed by atoms with Crippen LogP contribution in [-0.4, -0.2) is 46.9 Å². The second-order valence-corrected chi connectivity index (χ2v) is 8.66. The zero-order valence-corrected chi connectivity index (χ0v) is 20.5. The first-order chi connectivity index (χ1) is 15.4. The number of esters is 1. The highest BCUT2D eigenvalue weighted by atomic mass is 16.5. The van der Waals surface area contributed by atoms with Crippen molar-refractivity contribution in [2.24, 2.45) is 5.92 Å². The number of carbonyl (C=O) groups excluding carboxylic acids is 1. The summed E-state index contributed by atoms with van der Waals surface area (Å²) in [6, 6.07) is 0. The molecule has 0 radical (unpaired) electrons. The Labute approximate surface area is 194 Å². The van der Waals surface area contributed by atoms with Crippen molar-refractivity contribution in [3.05, 3.63) is 0 Å². The zero-order chi connectivity index (χ0) is 24.2. The summed E-state index contributed by atoms with van der Waals surface area (Å²) >= 11 is 0. The van der Waals surface area contributed by atoms with E-state index in [0.29, 0.717) is 19.3 Å². The normalized spacial score (nSPS) is 14.0.